The average molecular weight is 483 g/mol. The fourth-order valence-corrected chi connectivity index (χ4v) is 11.6. The third-order valence-electron chi connectivity index (χ3n) is 14.0. The van der Waals surface area contributed by atoms with Gasteiger partial charge in [0.05, 0.1) is 24.9 Å². The van der Waals surface area contributed by atoms with Gasteiger partial charge in [0.2, 0.25) is 0 Å². The average Bonchev–Trinajstić information content (AvgIpc) is 3.50. The lowest BCUT2D eigenvalue weighted by Crippen LogP contribution is -2.60. The second-order valence-electron chi connectivity index (χ2n) is 14.9. The standard InChI is InChI=1S/C32H50O3/c1-19-7-8-23-21(3)32(35-28(23)15-19)10-9-24-25(22(32)4)17-27-26(24)16-20(2)30(6)18-31(33-13-14-34-31)12-11-29(27,30)5/h19-21,23-24,26-28H,7-18H2,1-6H3/t19-,20+,21-,23+,24-,26+,27+,28-,29-,30-,32-/m1/s1. The van der Waals surface area contributed by atoms with Crippen molar-refractivity contribution in [2.45, 2.75) is 123 Å². The first-order chi connectivity index (χ1) is 16.6. The molecule has 0 aromatic rings. The zero-order valence-corrected chi connectivity index (χ0v) is 23.3. The molecule has 7 rings (SSSR count). The van der Waals surface area contributed by atoms with Gasteiger partial charge in [-0.05, 0) is 110 Å². The van der Waals surface area contributed by atoms with Crippen LogP contribution in [0.25, 0.3) is 0 Å². The third-order valence-corrected chi connectivity index (χ3v) is 14.0. The maximum Gasteiger partial charge on any atom is 0.169 e. The van der Waals surface area contributed by atoms with Crippen molar-refractivity contribution in [2.75, 3.05) is 13.2 Å². The highest BCUT2D eigenvalue weighted by Gasteiger charge is 2.67. The van der Waals surface area contributed by atoms with Crippen LogP contribution < -0.4 is 0 Å². The summed E-state index contributed by atoms with van der Waals surface area (Å²) < 4.78 is 19.8. The Balaban J connectivity index is 1.23. The Hall–Kier alpha value is -0.380. The molecule has 3 nitrogen and oxygen atoms in total. The molecule has 2 aliphatic heterocycles. The van der Waals surface area contributed by atoms with E-state index in [0.717, 1.165) is 61.6 Å². The predicted molar refractivity (Wildman–Crippen MR) is 139 cm³/mol. The van der Waals surface area contributed by atoms with Crippen LogP contribution in [0.1, 0.15) is 106 Å². The van der Waals surface area contributed by atoms with Gasteiger partial charge in [0.1, 0.15) is 0 Å². The van der Waals surface area contributed by atoms with Crippen LogP contribution in [0.15, 0.2) is 11.1 Å². The highest BCUT2D eigenvalue weighted by atomic mass is 16.7. The molecule has 0 amide bonds. The summed E-state index contributed by atoms with van der Waals surface area (Å²) in [6, 6.07) is 0. The van der Waals surface area contributed by atoms with E-state index < -0.39 is 0 Å². The van der Waals surface area contributed by atoms with Crippen molar-refractivity contribution in [3.8, 4) is 0 Å². The summed E-state index contributed by atoms with van der Waals surface area (Å²) in [4.78, 5) is 0. The first-order valence-electron chi connectivity index (χ1n) is 15.3. The van der Waals surface area contributed by atoms with Crippen molar-refractivity contribution >= 4 is 0 Å². The van der Waals surface area contributed by atoms with Crippen LogP contribution in [0.5, 0.6) is 0 Å². The number of ether oxygens (including phenoxy) is 3. The second kappa shape index (κ2) is 7.60. The molecule has 11 atom stereocenters. The molecule has 2 heterocycles. The van der Waals surface area contributed by atoms with E-state index >= 15 is 0 Å². The Morgan fingerprint density at radius 2 is 1.60 bits per heavy atom. The highest BCUT2D eigenvalue weighted by molar-refractivity contribution is 5.36. The van der Waals surface area contributed by atoms with Crippen LogP contribution in [0, 0.1) is 52.3 Å². The smallest absolute Gasteiger partial charge is 0.169 e. The Labute approximate surface area is 214 Å². The number of hydrogen-bond donors (Lipinski definition) is 0. The second-order valence-corrected chi connectivity index (χ2v) is 14.9. The van der Waals surface area contributed by atoms with Crippen molar-refractivity contribution in [1.29, 1.82) is 0 Å². The minimum Gasteiger partial charge on any atom is -0.367 e. The molecule has 5 aliphatic carbocycles. The van der Waals surface area contributed by atoms with Crippen molar-refractivity contribution < 1.29 is 14.2 Å². The minimum atomic E-state index is -0.291. The van der Waals surface area contributed by atoms with Gasteiger partial charge in [-0.2, -0.15) is 0 Å². The fourth-order valence-electron chi connectivity index (χ4n) is 11.6. The summed E-state index contributed by atoms with van der Waals surface area (Å²) in [5.74, 6) is 5.21. The lowest BCUT2D eigenvalue weighted by Gasteiger charge is -2.64. The van der Waals surface area contributed by atoms with E-state index in [9.17, 15) is 0 Å². The lowest BCUT2D eigenvalue weighted by atomic mass is 9.42. The molecule has 7 aliphatic rings. The number of rotatable bonds is 0. The van der Waals surface area contributed by atoms with Crippen molar-refractivity contribution in [3.05, 3.63) is 11.1 Å². The van der Waals surface area contributed by atoms with Gasteiger partial charge in [0.15, 0.2) is 5.79 Å². The first kappa shape index (κ1) is 23.7. The largest absolute Gasteiger partial charge is 0.367 e. The normalized spacial score (nSPS) is 56.7. The van der Waals surface area contributed by atoms with Gasteiger partial charge in [-0.3, -0.25) is 0 Å². The maximum absolute atomic E-state index is 7.20. The molecule has 0 bridgehead atoms. The van der Waals surface area contributed by atoms with Gasteiger partial charge in [-0.25, -0.2) is 0 Å². The third kappa shape index (κ3) is 2.96. The van der Waals surface area contributed by atoms with Gasteiger partial charge in [0, 0.05) is 12.8 Å². The van der Waals surface area contributed by atoms with E-state index in [1.54, 1.807) is 5.57 Å². The lowest BCUT2D eigenvalue weighted by molar-refractivity contribution is -0.259. The molecule has 0 N–H and O–H groups in total. The first-order valence-corrected chi connectivity index (χ1v) is 15.3. The Bertz CT molecular complexity index is 918. The summed E-state index contributed by atoms with van der Waals surface area (Å²) >= 11 is 0. The molecular formula is C32H50O3. The summed E-state index contributed by atoms with van der Waals surface area (Å²) in [5, 5.41) is 0. The van der Waals surface area contributed by atoms with E-state index in [1.165, 1.54) is 51.4 Å². The zero-order valence-electron chi connectivity index (χ0n) is 23.3. The highest BCUT2D eigenvalue weighted by Crippen LogP contribution is 2.73. The monoisotopic (exact) mass is 482 g/mol. The number of allylic oxidation sites excluding steroid dienone is 1. The molecule has 2 saturated heterocycles. The quantitative estimate of drug-likeness (QED) is 0.334. The molecule has 0 aromatic heterocycles. The van der Waals surface area contributed by atoms with Crippen LogP contribution >= 0.6 is 0 Å². The van der Waals surface area contributed by atoms with Crippen LogP contribution in [0.3, 0.4) is 0 Å². The molecule has 0 aromatic carbocycles. The molecule has 196 valence electrons. The van der Waals surface area contributed by atoms with E-state index in [4.69, 9.17) is 14.2 Å². The van der Waals surface area contributed by atoms with Gasteiger partial charge >= 0.3 is 0 Å². The van der Waals surface area contributed by atoms with Crippen molar-refractivity contribution in [2.24, 2.45) is 52.3 Å². The molecule has 0 radical (unpaired) electrons. The Morgan fingerprint density at radius 3 is 2.37 bits per heavy atom. The predicted octanol–water partition coefficient (Wildman–Crippen LogP) is 7.54. The Morgan fingerprint density at radius 1 is 0.829 bits per heavy atom. The van der Waals surface area contributed by atoms with Crippen LogP contribution in [-0.2, 0) is 14.2 Å². The molecular weight excluding hydrogens is 432 g/mol. The van der Waals surface area contributed by atoms with Crippen LogP contribution in [-0.4, -0.2) is 30.7 Å². The van der Waals surface area contributed by atoms with Gasteiger partial charge in [0.25, 0.3) is 0 Å². The summed E-state index contributed by atoms with van der Waals surface area (Å²) in [5.41, 5.74) is 4.23. The zero-order chi connectivity index (χ0) is 24.4. The molecule has 3 heteroatoms. The summed E-state index contributed by atoms with van der Waals surface area (Å²) in [6.45, 7) is 16.9. The molecule has 35 heavy (non-hydrogen) atoms. The van der Waals surface area contributed by atoms with Gasteiger partial charge in [-0.15, -0.1) is 0 Å². The van der Waals surface area contributed by atoms with E-state index in [1.807, 2.05) is 5.57 Å². The van der Waals surface area contributed by atoms with Crippen molar-refractivity contribution in [3.63, 3.8) is 0 Å². The van der Waals surface area contributed by atoms with Crippen molar-refractivity contribution in [1.82, 2.24) is 0 Å². The number of fused-ring (bicyclic) bond motifs is 6. The van der Waals surface area contributed by atoms with Gasteiger partial charge in [-0.1, -0.05) is 46.6 Å². The van der Waals surface area contributed by atoms with Crippen LogP contribution in [0.2, 0.25) is 0 Å². The summed E-state index contributed by atoms with van der Waals surface area (Å²) in [7, 11) is 0. The van der Waals surface area contributed by atoms with Crippen LogP contribution in [0.4, 0.5) is 0 Å². The Kier molecular flexibility index (Phi) is 5.15. The number of hydrogen-bond acceptors (Lipinski definition) is 3. The fraction of sp³-hybridized carbons (Fsp3) is 0.938. The SMILES string of the molecule is CC1=C2C[C@H]3[C@@H](C[C@H](C)[C@@]4(C)CC5(CC[C@]34C)OCCO5)[C@@H]2CC[C@]12O[C@@H]1C[C@H](C)CC[C@H]1[C@H]2C. The maximum atomic E-state index is 7.20. The van der Waals surface area contributed by atoms with Gasteiger partial charge < -0.3 is 14.2 Å². The molecule has 0 unspecified atom stereocenters. The summed E-state index contributed by atoms with van der Waals surface area (Å²) in [6.07, 6.45) is 13.4. The topological polar surface area (TPSA) is 27.7 Å². The van der Waals surface area contributed by atoms with E-state index in [-0.39, 0.29) is 11.4 Å². The van der Waals surface area contributed by atoms with E-state index in [0.29, 0.717) is 22.9 Å². The molecule has 6 fully saturated rings. The molecule has 2 spiro atoms. The molecule has 4 saturated carbocycles. The van der Waals surface area contributed by atoms with E-state index in [2.05, 4.69) is 41.5 Å². The minimum absolute atomic E-state index is 0.0384.